The van der Waals surface area contributed by atoms with Crippen LogP contribution in [0.5, 0.6) is 0 Å². The number of amides is 1. The van der Waals surface area contributed by atoms with Gasteiger partial charge in [0.2, 0.25) is 0 Å². The minimum atomic E-state index is -0.253. The van der Waals surface area contributed by atoms with Crippen LogP contribution in [0.3, 0.4) is 0 Å². The van der Waals surface area contributed by atoms with Crippen molar-refractivity contribution in [1.82, 2.24) is 0 Å². The van der Waals surface area contributed by atoms with Gasteiger partial charge in [0.05, 0.1) is 4.91 Å². The van der Waals surface area contributed by atoms with Crippen molar-refractivity contribution in [3.05, 3.63) is 40.8 Å². The second-order valence-corrected chi connectivity index (χ2v) is 3.84. The van der Waals surface area contributed by atoms with E-state index in [1.165, 1.54) is 11.8 Å². The summed E-state index contributed by atoms with van der Waals surface area (Å²) in [6, 6.07) is 9.61. The molecule has 4 heteroatoms. The van der Waals surface area contributed by atoms with Gasteiger partial charge in [0.15, 0.2) is 5.17 Å². The first-order valence-corrected chi connectivity index (χ1v) is 4.90. The highest BCUT2D eigenvalue weighted by atomic mass is 32.2. The molecule has 2 N–H and O–H groups in total. The lowest BCUT2D eigenvalue weighted by atomic mass is 10.2. The Morgan fingerprint density at radius 1 is 1.29 bits per heavy atom. The van der Waals surface area contributed by atoms with Gasteiger partial charge >= 0.3 is 0 Å². The summed E-state index contributed by atoms with van der Waals surface area (Å²) >= 11 is 1.21. The van der Waals surface area contributed by atoms with Gasteiger partial charge in [0, 0.05) is 0 Å². The summed E-state index contributed by atoms with van der Waals surface area (Å²) in [5.41, 5.74) is 6.40. The topological polar surface area (TPSA) is 55.4 Å². The van der Waals surface area contributed by atoms with E-state index in [4.69, 9.17) is 5.73 Å². The summed E-state index contributed by atoms with van der Waals surface area (Å²) in [6.07, 6.45) is 1.79. The molecule has 0 atom stereocenters. The van der Waals surface area contributed by atoms with E-state index in [1.54, 1.807) is 6.08 Å². The van der Waals surface area contributed by atoms with Gasteiger partial charge in [0.1, 0.15) is 0 Å². The Labute approximate surface area is 85.7 Å². The van der Waals surface area contributed by atoms with Crippen LogP contribution in [0.4, 0.5) is 0 Å². The van der Waals surface area contributed by atoms with Gasteiger partial charge in [-0.15, -0.1) is 0 Å². The molecule has 1 aromatic carbocycles. The minimum Gasteiger partial charge on any atom is -0.378 e. The van der Waals surface area contributed by atoms with Crippen LogP contribution in [0, 0.1) is 0 Å². The fraction of sp³-hybridized carbons (Fsp3) is 0. The molecular formula is C10H8N2OS. The van der Waals surface area contributed by atoms with E-state index in [9.17, 15) is 4.79 Å². The van der Waals surface area contributed by atoms with Gasteiger partial charge in [-0.3, -0.25) is 4.79 Å². The highest BCUT2D eigenvalue weighted by Gasteiger charge is 2.18. The molecule has 3 nitrogen and oxygen atoms in total. The number of amidine groups is 1. The molecule has 0 saturated heterocycles. The second-order valence-electron chi connectivity index (χ2n) is 2.78. The third-order valence-corrected chi connectivity index (χ3v) is 2.55. The highest BCUT2D eigenvalue weighted by molar-refractivity contribution is 8.18. The number of hydrogen-bond donors (Lipinski definition) is 1. The van der Waals surface area contributed by atoms with Crippen molar-refractivity contribution in [2.24, 2.45) is 10.7 Å². The lowest BCUT2D eigenvalue weighted by Gasteiger charge is -1.93. The first-order valence-electron chi connectivity index (χ1n) is 4.09. The maximum absolute atomic E-state index is 11.2. The average molecular weight is 204 g/mol. The number of nitrogens with two attached hydrogens (primary N) is 1. The molecule has 0 saturated carbocycles. The Balaban J connectivity index is 2.26. The molecule has 0 aliphatic carbocycles. The van der Waals surface area contributed by atoms with Gasteiger partial charge in [-0.2, -0.15) is 4.99 Å². The zero-order valence-corrected chi connectivity index (χ0v) is 8.12. The van der Waals surface area contributed by atoms with E-state index >= 15 is 0 Å². The lowest BCUT2D eigenvalue weighted by Crippen LogP contribution is -2.01. The van der Waals surface area contributed by atoms with Gasteiger partial charge in [-0.1, -0.05) is 30.3 Å². The first-order chi connectivity index (χ1) is 6.75. The van der Waals surface area contributed by atoms with Gasteiger partial charge in [-0.05, 0) is 23.4 Å². The molecule has 1 aliphatic rings. The number of benzene rings is 1. The van der Waals surface area contributed by atoms with Crippen LogP contribution in [0.2, 0.25) is 0 Å². The SMILES string of the molecule is NC1=NC(=O)C(=Cc2ccccc2)S1. The van der Waals surface area contributed by atoms with Crippen LogP contribution in [0.25, 0.3) is 6.08 Å². The Kier molecular flexibility index (Phi) is 2.37. The van der Waals surface area contributed by atoms with Crippen LogP contribution in [-0.2, 0) is 4.79 Å². The Bertz CT molecular complexity index is 423. The molecule has 1 heterocycles. The summed E-state index contributed by atoms with van der Waals surface area (Å²) < 4.78 is 0. The molecule has 1 amide bonds. The van der Waals surface area contributed by atoms with Crippen molar-refractivity contribution < 1.29 is 4.79 Å². The van der Waals surface area contributed by atoms with E-state index < -0.39 is 0 Å². The third-order valence-electron chi connectivity index (χ3n) is 1.73. The van der Waals surface area contributed by atoms with Crippen molar-refractivity contribution in [2.75, 3.05) is 0 Å². The zero-order valence-electron chi connectivity index (χ0n) is 7.31. The van der Waals surface area contributed by atoms with Crippen molar-refractivity contribution >= 4 is 28.9 Å². The molecule has 14 heavy (non-hydrogen) atoms. The zero-order chi connectivity index (χ0) is 9.97. The highest BCUT2D eigenvalue weighted by Crippen LogP contribution is 2.25. The normalized spacial score (nSPS) is 18.7. The monoisotopic (exact) mass is 204 g/mol. The predicted molar refractivity (Wildman–Crippen MR) is 58.6 cm³/mol. The number of thioether (sulfide) groups is 1. The number of hydrogen-bond acceptors (Lipinski definition) is 3. The van der Waals surface area contributed by atoms with E-state index in [2.05, 4.69) is 4.99 Å². The molecule has 70 valence electrons. The van der Waals surface area contributed by atoms with Crippen molar-refractivity contribution in [1.29, 1.82) is 0 Å². The molecule has 0 fully saturated rings. The number of carbonyl (C=O) groups is 1. The predicted octanol–water partition coefficient (Wildman–Crippen LogP) is 1.62. The summed E-state index contributed by atoms with van der Waals surface area (Å²) in [4.78, 5) is 15.4. The number of rotatable bonds is 1. The number of aliphatic imine (C=N–C) groups is 1. The van der Waals surface area contributed by atoms with Crippen LogP contribution >= 0.6 is 11.8 Å². The second kappa shape index (κ2) is 3.67. The van der Waals surface area contributed by atoms with Crippen LogP contribution in [0.15, 0.2) is 40.2 Å². The molecule has 0 radical (unpaired) electrons. The van der Waals surface area contributed by atoms with E-state index in [0.29, 0.717) is 10.1 Å². The number of carbonyl (C=O) groups excluding carboxylic acids is 1. The molecule has 0 spiro atoms. The van der Waals surface area contributed by atoms with Gasteiger partial charge in [-0.25, -0.2) is 0 Å². The van der Waals surface area contributed by atoms with Crippen molar-refractivity contribution in [2.45, 2.75) is 0 Å². The molecule has 2 rings (SSSR count). The Morgan fingerprint density at radius 2 is 2.00 bits per heavy atom. The Hall–Kier alpha value is -1.55. The average Bonchev–Trinajstić information content (AvgIpc) is 2.47. The largest absolute Gasteiger partial charge is 0.378 e. The van der Waals surface area contributed by atoms with Crippen molar-refractivity contribution in [3.8, 4) is 0 Å². The first kappa shape index (κ1) is 9.02. The lowest BCUT2D eigenvalue weighted by molar-refractivity contribution is -0.113. The summed E-state index contributed by atoms with van der Waals surface area (Å²) in [5, 5.41) is 0.317. The minimum absolute atomic E-state index is 0.253. The van der Waals surface area contributed by atoms with Crippen LogP contribution in [-0.4, -0.2) is 11.1 Å². The smallest absolute Gasteiger partial charge is 0.286 e. The number of nitrogens with zero attached hydrogens (tertiary/aromatic N) is 1. The fourth-order valence-corrected chi connectivity index (χ4v) is 1.81. The Morgan fingerprint density at radius 3 is 2.57 bits per heavy atom. The van der Waals surface area contributed by atoms with Crippen molar-refractivity contribution in [3.63, 3.8) is 0 Å². The molecule has 0 bridgehead atoms. The molecule has 0 aromatic heterocycles. The molecule has 0 unspecified atom stereocenters. The summed E-state index contributed by atoms with van der Waals surface area (Å²) in [5.74, 6) is -0.253. The fourth-order valence-electron chi connectivity index (χ4n) is 1.13. The molecular weight excluding hydrogens is 196 g/mol. The molecule has 1 aromatic rings. The molecule has 1 aliphatic heterocycles. The van der Waals surface area contributed by atoms with Crippen LogP contribution < -0.4 is 5.73 Å². The van der Waals surface area contributed by atoms with Crippen LogP contribution in [0.1, 0.15) is 5.56 Å². The maximum Gasteiger partial charge on any atom is 0.286 e. The van der Waals surface area contributed by atoms with E-state index in [1.807, 2.05) is 30.3 Å². The van der Waals surface area contributed by atoms with Gasteiger partial charge < -0.3 is 5.73 Å². The van der Waals surface area contributed by atoms with E-state index in [-0.39, 0.29) is 5.91 Å². The standard InChI is InChI=1S/C10H8N2OS/c11-10-12-9(13)8(14-10)6-7-4-2-1-3-5-7/h1-6H,(H2,11,12,13). The van der Waals surface area contributed by atoms with Gasteiger partial charge in [0.25, 0.3) is 5.91 Å². The van der Waals surface area contributed by atoms with E-state index in [0.717, 1.165) is 5.56 Å². The third kappa shape index (κ3) is 1.85. The maximum atomic E-state index is 11.2. The quantitative estimate of drug-likeness (QED) is 0.707. The summed E-state index contributed by atoms with van der Waals surface area (Å²) in [6.45, 7) is 0. The summed E-state index contributed by atoms with van der Waals surface area (Å²) in [7, 11) is 0.